The van der Waals surface area contributed by atoms with Crippen LogP contribution in [0.3, 0.4) is 0 Å². The first-order valence-corrected chi connectivity index (χ1v) is 7.53. The van der Waals surface area contributed by atoms with E-state index in [1.807, 2.05) is 29.3 Å². The first-order chi connectivity index (χ1) is 9.72. The lowest BCUT2D eigenvalue weighted by molar-refractivity contribution is -0.138. The number of carbonyl (C=O) groups is 1. The lowest BCUT2D eigenvalue weighted by Crippen LogP contribution is -2.43. The number of hydrogen-bond acceptors (Lipinski definition) is 4. The number of aromatic nitrogens is 2. The molecule has 1 atom stereocenters. The van der Waals surface area contributed by atoms with Crippen LogP contribution in [0.5, 0.6) is 0 Å². The van der Waals surface area contributed by atoms with E-state index in [0.717, 1.165) is 16.4 Å². The Morgan fingerprint density at radius 1 is 1.65 bits per heavy atom. The average Bonchev–Trinajstić information content (AvgIpc) is 3.10. The van der Waals surface area contributed by atoms with E-state index in [9.17, 15) is 4.79 Å². The summed E-state index contributed by atoms with van der Waals surface area (Å²) >= 11 is 1.62. The number of aryl methyl sites for hydroxylation is 1. The van der Waals surface area contributed by atoms with Crippen molar-refractivity contribution in [3.05, 3.63) is 40.1 Å². The monoisotopic (exact) mass is 291 g/mol. The Kier molecular flexibility index (Phi) is 3.84. The van der Waals surface area contributed by atoms with Gasteiger partial charge in [-0.25, -0.2) is 4.98 Å². The van der Waals surface area contributed by atoms with Gasteiger partial charge in [-0.15, -0.1) is 11.3 Å². The molecule has 2 aromatic rings. The summed E-state index contributed by atoms with van der Waals surface area (Å²) in [5, 5.41) is 2.00. The molecule has 0 bridgehead atoms. The number of imidazole rings is 1. The Morgan fingerprint density at radius 2 is 2.55 bits per heavy atom. The summed E-state index contributed by atoms with van der Waals surface area (Å²) < 4.78 is 5.71. The van der Waals surface area contributed by atoms with Crippen molar-refractivity contribution < 1.29 is 9.53 Å². The lowest BCUT2D eigenvalue weighted by Gasteiger charge is -2.32. The molecule has 3 rings (SSSR count). The van der Waals surface area contributed by atoms with Crippen LogP contribution in [0.1, 0.15) is 22.5 Å². The van der Waals surface area contributed by atoms with E-state index in [-0.39, 0.29) is 12.0 Å². The highest BCUT2D eigenvalue weighted by Crippen LogP contribution is 2.21. The fourth-order valence-corrected chi connectivity index (χ4v) is 3.01. The van der Waals surface area contributed by atoms with Gasteiger partial charge in [-0.1, -0.05) is 6.07 Å². The summed E-state index contributed by atoms with van der Waals surface area (Å²) in [5.74, 6) is 0.958. The smallest absolute Gasteiger partial charge is 0.228 e. The van der Waals surface area contributed by atoms with E-state index >= 15 is 0 Å². The van der Waals surface area contributed by atoms with E-state index in [2.05, 4.69) is 9.97 Å². The molecule has 0 aromatic carbocycles. The number of nitrogens with zero attached hydrogens (tertiary/aromatic N) is 2. The number of hydrogen-bond donors (Lipinski definition) is 1. The quantitative estimate of drug-likeness (QED) is 0.940. The van der Waals surface area contributed by atoms with Crippen LogP contribution < -0.4 is 0 Å². The highest BCUT2D eigenvalue weighted by molar-refractivity contribution is 7.10. The van der Waals surface area contributed by atoms with E-state index in [1.54, 1.807) is 17.5 Å². The maximum atomic E-state index is 12.3. The van der Waals surface area contributed by atoms with Crippen LogP contribution in [0, 0.1) is 6.92 Å². The highest BCUT2D eigenvalue weighted by Gasteiger charge is 2.27. The molecule has 1 N–H and O–H groups in total. The number of amides is 1. The van der Waals surface area contributed by atoms with Crippen LogP contribution in [0.4, 0.5) is 0 Å². The van der Waals surface area contributed by atoms with Crippen molar-refractivity contribution >= 4 is 17.2 Å². The molecule has 1 saturated heterocycles. The summed E-state index contributed by atoms with van der Waals surface area (Å²) in [4.78, 5) is 22.7. The van der Waals surface area contributed by atoms with Crippen LogP contribution in [0.25, 0.3) is 0 Å². The molecule has 1 fully saturated rings. The molecular weight excluding hydrogens is 274 g/mol. The van der Waals surface area contributed by atoms with Gasteiger partial charge in [-0.2, -0.15) is 0 Å². The van der Waals surface area contributed by atoms with Crippen molar-refractivity contribution in [3.63, 3.8) is 0 Å². The Hall–Kier alpha value is -1.66. The van der Waals surface area contributed by atoms with Gasteiger partial charge in [0, 0.05) is 23.3 Å². The van der Waals surface area contributed by atoms with Gasteiger partial charge in [-0.05, 0) is 18.4 Å². The Bertz CT molecular complexity index is 579. The fourth-order valence-electron chi connectivity index (χ4n) is 2.31. The average molecular weight is 291 g/mol. The van der Waals surface area contributed by atoms with Gasteiger partial charge in [0.2, 0.25) is 5.91 Å². The number of carbonyl (C=O) groups excluding carboxylic acids is 1. The van der Waals surface area contributed by atoms with Crippen molar-refractivity contribution in [2.24, 2.45) is 0 Å². The van der Waals surface area contributed by atoms with Gasteiger partial charge >= 0.3 is 0 Å². The molecule has 0 unspecified atom stereocenters. The van der Waals surface area contributed by atoms with E-state index < -0.39 is 0 Å². The Balaban J connectivity index is 1.64. The number of morpholine rings is 1. The number of ether oxygens (including phenoxy) is 1. The normalized spacial score (nSPS) is 19.2. The second-order valence-corrected chi connectivity index (χ2v) is 5.94. The minimum Gasteiger partial charge on any atom is -0.367 e. The Labute approximate surface area is 121 Å². The molecule has 0 aliphatic carbocycles. The van der Waals surface area contributed by atoms with Crippen LogP contribution in [-0.2, 0) is 16.0 Å². The van der Waals surface area contributed by atoms with E-state index in [0.29, 0.717) is 26.1 Å². The second-order valence-electron chi connectivity index (χ2n) is 4.91. The van der Waals surface area contributed by atoms with Gasteiger partial charge in [0.15, 0.2) is 0 Å². The van der Waals surface area contributed by atoms with Crippen molar-refractivity contribution in [2.45, 2.75) is 19.4 Å². The number of nitrogens with one attached hydrogen (secondary N) is 1. The van der Waals surface area contributed by atoms with E-state index in [4.69, 9.17) is 4.74 Å². The van der Waals surface area contributed by atoms with Gasteiger partial charge in [-0.3, -0.25) is 4.79 Å². The standard InChI is InChI=1S/C14H17N3O2S/c1-10-8-15-14(16-10)12-9-17(4-5-19-12)13(18)7-11-3-2-6-20-11/h2-3,6,8,12H,4-5,7,9H2,1H3,(H,15,16)/t12-/m1/s1. The third-order valence-electron chi connectivity index (χ3n) is 3.35. The summed E-state index contributed by atoms with van der Waals surface area (Å²) in [6, 6.07) is 3.97. The third-order valence-corrected chi connectivity index (χ3v) is 4.23. The molecule has 0 spiro atoms. The molecule has 6 heteroatoms. The van der Waals surface area contributed by atoms with Gasteiger partial charge < -0.3 is 14.6 Å². The summed E-state index contributed by atoms with van der Waals surface area (Å²) in [6.07, 6.45) is 2.11. The van der Waals surface area contributed by atoms with E-state index in [1.165, 1.54) is 0 Å². The van der Waals surface area contributed by atoms with Crippen molar-refractivity contribution in [3.8, 4) is 0 Å². The number of thiophene rings is 1. The predicted octanol–water partition coefficient (Wildman–Crippen LogP) is 1.92. The zero-order valence-corrected chi connectivity index (χ0v) is 12.2. The SMILES string of the molecule is Cc1cnc([C@H]2CN(C(=O)Cc3cccs3)CCO2)[nH]1. The van der Waals surface area contributed by atoms with Crippen LogP contribution in [0.15, 0.2) is 23.7 Å². The second kappa shape index (κ2) is 5.76. The first kappa shape index (κ1) is 13.3. The molecule has 20 heavy (non-hydrogen) atoms. The van der Waals surface area contributed by atoms with Gasteiger partial charge in [0.1, 0.15) is 11.9 Å². The molecule has 1 aliphatic heterocycles. The third kappa shape index (κ3) is 2.91. The number of rotatable bonds is 3. The zero-order valence-electron chi connectivity index (χ0n) is 11.3. The number of H-pyrrole nitrogens is 1. The van der Waals surface area contributed by atoms with Crippen LogP contribution in [0.2, 0.25) is 0 Å². The number of aromatic amines is 1. The van der Waals surface area contributed by atoms with Crippen molar-refractivity contribution in [2.75, 3.05) is 19.7 Å². The van der Waals surface area contributed by atoms with Gasteiger partial charge in [0.05, 0.1) is 19.6 Å². The molecule has 3 heterocycles. The maximum absolute atomic E-state index is 12.3. The van der Waals surface area contributed by atoms with Crippen LogP contribution >= 0.6 is 11.3 Å². The molecular formula is C14H17N3O2S. The van der Waals surface area contributed by atoms with Gasteiger partial charge in [0.25, 0.3) is 0 Å². The largest absolute Gasteiger partial charge is 0.367 e. The molecule has 106 valence electrons. The highest BCUT2D eigenvalue weighted by atomic mass is 32.1. The molecule has 0 radical (unpaired) electrons. The Morgan fingerprint density at radius 3 is 3.25 bits per heavy atom. The van der Waals surface area contributed by atoms with Crippen molar-refractivity contribution in [1.82, 2.24) is 14.9 Å². The van der Waals surface area contributed by atoms with Crippen molar-refractivity contribution in [1.29, 1.82) is 0 Å². The zero-order chi connectivity index (χ0) is 13.9. The summed E-state index contributed by atoms with van der Waals surface area (Å²) in [6.45, 7) is 3.73. The summed E-state index contributed by atoms with van der Waals surface area (Å²) in [7, 11) is 0. The fraction of sp³-hybridized carbons (Fsp3) is 0.429. The topological polar surface area (TPSA) is 58.2 Å². The minimum atomic E-state index is -0.148. The molecule has 5 nitrogen and oxygen atoms in total. The van der Waals surface area contributed by atoms with Crippen LogP contribution in [-0.4, -0.2) is 40.5 Å². The molecule has 1 aliphatic rings. The molecule has 1 amide bonds. The first-order valence-electron chi connectivity index (χ1n) is 6.65. The summed E-state index contributed by atoms with van der Waals surface area (Å²) in [5.41, 5.74) is 1.01. The maximum Gasteiger partial charge on any atom is 0.228 e. The molecule has 0 saturated carbocycles. The lowest BCUT2D eigenvalue weighted by atomic mass is 10.2. The predicted molar refractivity (Wildman–Crippen MR) is 76.6 cm³/mol. The minimum absolute atomic E-state index is 0.148. The molecule has 2 aromatic heterocycles.